The summed E-state index contributed by atoms with van der Waals surface area (Å²) in [6, 6.07) is 0. The van der Waals surface area contributed by atoms with Crippen LogP contribution in [-0.2, 0) is 4.74 Å². The van der Waals surface area contributed by atoms with Crippen LogP contribution in [0.1, 0.15) is 20.6 Å². The van der Waals surface area contributed by atoms with Crippen LogP contribution in [0.2, 0.25) is 0 Å². The van der Waals surface area contributed by atoms with E-state index in [0.29, 0.717) is 0 Å². The fourth-order valence-corrected chi connectivity index (χ4v) is 0.580. The number of ether oxygens (including phenoxy) is 1. The zero-order valence-electron chi connectivity index (χ0n) is 4.81. The maximum Gasteiger partial charge on any atom is 0.0567 e. The van der Waals surface area contributed by atoms with Gasteiger partial charge in [-0.1, -0.05) is 0 Å². The second-order valence-electron chi connectivity index (χ2n) is 1.53. The summed E-state index contributed by atoms with van der Waals surface area (Å²) in [6.07, 6.45) is 3.25. The van der Waals surface area contributed by atoms with Gasteiger partial charge in [0.1, 0.15) is 0 Å². The molecule has 0 radical (unpaired) electrons. The Balaban J connectivity index is 2.12. The van der Waals surface area contributed by atoms with Gasteiger partial charge < -0.3 is 4.74 Å². The molecule has 0 amide bonds. The SMILES string of the molecule is [3H]C1CCCCO1. The van der Waals surface area contributed by atoms with Crippen molar-refractivity contribution in [1.29, 1.82) is 0 Å². The summed E-state index contributed by atoms with van der Waals surface area (Å²) in [5.41, 5.74) is 0. The Kier molecular flexibility index (Phi) is 1.10. The Morgan fingerprint density at radius 3 is 2.67 bits per heavy atom. The molecule has 1 aliphatic heterocycles. The van der Waals surface area contributed by atoms with E-state index in [2.05, 4.69) is 0 Å². The van der Waals surface area contributed by atoms with Gasteiger partial charge in [0.2, 0.25) is 0 Å². The van der Waals surface area contributed by atoms with E-state index < -0.39 is 0 Å². The van der Waals surface area contributed by atoms with Crippen LogP contribution < -0.4 is 0 Å². The third kappa shape index (κ3) is 0.977. The summed E-state index contributed by atoms with van der Waals surface area (Å²) in [5, 5.41) is 0. The van der Waals surface area contributed by atoms with Gasteiger partial charge in [0.05, 0.1) is 1.37 Å². The predicted molar refractivity (Wildman–Crippen MR) is 24.7 cm³/mol. The zero-order valence-corrected chi connectivity index (χ0v) is 3.81. The predicted octanol–water partition coefficient (Wildman–Crippen LogP) is 1.19. The highest BCUT2D eigenvalue weighted by atomic mass is 16.5. The zero-order chi connectivity index (χ0) is 5.11. The summed E-state index contributed by atoms with van der Waals surface area (Å²) in [7, 11) is 0. The number of hydrogen-bond donors (Lipinski definition) is 0. The highest BCUT2D eigenvalue weighted by Gasteiger charge is 1.94. The molecule has 0 aromatic carbocycles. The molecular weight excluding hydrogens is 76.1 g/mol. The highest BCUT2D eigenvalue weighted by Crippen LogP contribution is 2.01. The molecule has 6 heavy (non-hydrogen) atoms. The first-order valence-corrected chi connectivity index (χ1v) is 2.43. The van der Waals surface area contributed by atoms with Crippen molar-refractivity contribution in [3.8, 4) is 0 Å². The quantitative estimate of drug-likeness (QED) is 0.432. The first-order valence-electron chi connectivity index (χ1n) is 3.01. The molecular formula is C5H10O. The van der Waals surface area contributed by atoms with Crippen LogP contribution in [0, 0.1) is 0 Å². The van der Waals surface area contributed by atoms with Crippen LogP contribution in [0.3, 0.4) is 0 Å². The topological polar surface area (TPSA) is 9.23 Å². The molecule has 1 aliphatic rings. The van der Waals surface area contributed by atoms with Crippen LogP contribution in [0.5, 0.6) is 0 Å². The first-order chi connectivity index (χ1) is 3.39. The molecule has 0 spiro atoms. The fourth-order valence-electron chi connectivity index (χ4n) is 0.580. The van der Waals surface area contributed by atoms with Crippen LogP contribution in [0.25, 0.3) is 0 Å². The van der Waals surface area contributed by atoms with Crippen molar-refractivity contribution in [1.82, 2.24) is 0 Å². The molecule has 1 rings (SSSR count). The molecule has 1 unspecified atom stereocenters. The molecule has 0 bridgehead atoms. The van der Waals surface area contributed by atoms with Crippen molar-refractivity contribution in [2.24, 2.45) is 0 Å². The van der Waals surface area contributed by atoms with E-state index in [0.717, 1.165) is 19.4 Å². The Hall–Kier alpha value is -0.0400. The minimum Gasteiger partial charge on any atom is -0.381 e. The van der Waals surface area contributed by atoms with Gasteiger partial charge in [-0.15, -0.1) is 0 Å². The highest BCUT2D eigenvalue weighted by molar-refractivity contribution is 4.45. The van der Waals surface area contributed by atoms with Crippen molar-refractivity contribution in [3.05, 3.63) is 0 Å². The van der Waals surface area contributed by atoms with Gasteiger partial charge in [-0.05, 0) is 19.3 Å². The molecule has 0 aliphatic carbocycles. The van der Waals surface area contributed by atoms with Gasteiger partial charge in [0.15, 0.2) is 0 Å². The average molecular weight is 88.1 g/mol. The normalized spacial score (nSPS) is 38.7. The van der Waals surface area contributed by atoms with Gasteiger partial charge >= 0.3 is 0 Å². The van der Waals surface area contributed by atoms with E-state index in [9.17, 15) is 0 Å². The van der Waals surface area contributed by atoms with E-state index in [4.69, 9.17) is 6.11 Å². The lowest BCUT2D eigenvalue weighted by molar-refractivity contribution is 0.0968. The van der Waals surface area contributed by atoms with Crippen LogP contribution in [0.15, 0.2) is 0 Å². The lowest BCUT2D eigenvalue weighted by Gasteiger charge is -2.08. The first kappa shape index (κ1) is 3.03. The van der Waals surface area contributed by atoms with Crippen molar-refractivity contribution >= 4 is 0 Å². The van der Waals surface area contributed by atoms with Crippen molar-refractivity contribution in [2.45, 2.75) is 19.3 Å². The third-order valence-electron chi connectivity index (χ3n) is 0.952. The Labute approximate surface area is 39.7 Å². The lowest BCUT2D eigenvalue weighted by Crippen LogP contribution is -2.03. The standard InChI is InChI=1S/C5H10O/c1-2-4-6-5-3-1/h1-5H2/i4T. The molecule has 1 atom stereocenters. The van der Waals surface area contributed by atoms with Crippen molar-refractivity contribution < 1.29 is 6.11 Å². The van der Waals surface area contributed by atoms with Gasteiger partial charge in [-0.2, -0.15) is 0 Å². The van der Waals surface area contributed by atoms with Gasteiger partial charge in [0.25, 0.3) is 0 Å². The van der Waals surface area contributed by atoms with Crippen LogP contribution >= 0.6 is 0 Å². The molecule has 1 heterocycles. The molecule has 0 N–H and O–H groups in total. The van der Waals surface area contributed by atoms with Crippen LogP contribution in [-0.4, -0.2) is 13.2 Å². The van der Waals surface area contributed by atoms with Gasteiger partial charge in [-0.3, -0.25) is 0 Å². The smallest absolute Gasteiger partial charge is 0.0567 e. The maximum atomic E-state index is 7.05. The molecule has 36 valence electrons. The molecule has 1 heteroatoms. The largest absolute Gasteiger partial charge is 0.381 e. The molecule has 0 saturated carbocycles. The molecule has 0 aromatic heterocycles. The van der Waals surface area contributed by atoms with Gasteiger partial charge in [-0.25, -0.2) is 0 Å². The summed E-state index contributed by atoms with van der Waals surface area (Å²) in [6.45, 7) is 0.586. The third-order valence-corrected chi connectivity index (χ3v) is 0.952. The Morgan fingerprint density at radius 2 is 2.33 bits per heavy atom. The van der Waals surface area contributed by atoms with Crippen LogP contribution in [0.4, 0.5) is 0 Å². The van der Waals surface area contributed by atoms with Crippen molar-refractivity contribution in [3.63, 3.8) is 0 Å². The lowest BCUT2D eigenvalue weighted by atomic mass is 10.2. The second-order valence-corrected chi connectivity index (χ2v) is 1.53. The minimum absolute atomic E-state index is 0.214. The van der Waals surface area contributed by atoms with E-state index in [1.54, 1.807) is 0 Å². The fraction of sp³-hybridized carbons (Fsp3) is 1.00. The van der Waals surface area contributed by atoms with E-state index in [1.165, 1.54) is 6.42 Å². The monoisotopic (exact) mass is 88.1 g/mol. The summed E-state index contributed by atoms with van der Waals surface area (Å²) in [4.78, 5) is 0. The summed E-state index contributed by atoms with van der Waals surface area (Å²) < 4.78 is 12.0. The minimum atomic E-state index is -0.214. The van der Waals surface area contributed by atoms with Gasteiger partial charge in [0, 0.05) is 13.2 Å². The summed E-state index contributed by atoms with van der Waals surface area (Å²) in [5.74, 6) is 0. The molecule has 1 nitrogen and oxygen atoms in total. The van der Waals surface area contributed by atoms with E-state index in [-0.39, 0.29) is 6.58 Å². The van der Waals surface area contributed by atoms with E-state index in [1.807, 2.05) is 0 Å². The molecule has 0 aromatic rings. The number of rotatable bonds is 0. The average Bonchev–Trinajstić information content (AvgIpc) is 1.69. The number of hydrogen-bond acceptors (Lipinski definition) is 1. The maximum absolute atomic E-state index is 7.05. The molecule has 1 fully saturated rings. The van der Waals surface area contributed by atoms with Crippen molar-refractivity contribution in [2.75, 3.05) is 13.2 Å². The van der Waals surface area contributed by atoms with E-state index >= 15 is 0 Å². The second kappa shape index (κ2) is 2.19. The Morgan fingerprint density at radius 1 is 1.33 bits per heavy atom. The summed E-state index contributed by atoms with van der Waals surface area (Å²) >= 11 is 0. The Bertz CT molecular complexity index is 50.0. The molecule has 1 saturated heterocycles.